The normalized spacial score (nSPS) is 15.7. The number of aliphatic carboxylic acids is 1. The van der Waals surface area contributed by atoms with Gasteiger partial charge < -0.3 is 10.0 Å². The van der Waals surface area contributed by atoms with E-state index >= 15 is 0 Å². The first-order valence-electron chi connectivity index (χ1n) is 7.31. The summed E-state index contributed by atoms with van der Waals surface area (Å²) < 4.78 is 26.5. The molecule has 0 amide bonds. The molecule has 1 aromatic heterocycles. The molecule has 1 aliphatic heterocycles. The molecule has 1 N–H and O–H groups in total. The molecule has 0 atom stereocenters. The molecule has 0 spiro atoms. The maximum absolute atomic E-state index is 13.2. The molecule has 0 radical (unpaired) electrons. The van der Waals surface area contributed by atoms with E-state index < -0.39 is 17.6 Å². The second-order valence-corrected chi connectivity index (χ2v) is 5.53. The number of piperidine rings is 1. The lowest BCUT2D eigenvalue weighted by atomic mass is 9.97. The second-order valence-electron chi connectivity index (χ2n) is 5.53. The average Bonchev–Trinajstić information content (AvgIpc) is 2.54. The molecule has 0 bridgehead atoms. The minimum Gasteiger partial charge on any atom is -0.481 e. The molecule has 7 heteroatoms. The fourth-order valence-corrected chi connectivity index (χ4v) is 2.71. The first-order valence-corrected chi connectivity index (χ1v) is 7.31. The number of benzene rings is 1. The third kappa shape index (κ3) is 3.44. The third-order valence-corrected chi connectivity index (χ3v) is 3.98. The van der Waals surface area contributed by atoms with Crippen LogP contribution in [0.2, 0.25) is 0 Å². The molecule has 2 heterocycles. The third-order valence-electron chi connectivity index (χ3n) is 3.98. The number of anilines is 1. The van der Waals surface area contributed by atoms with E-state index in [1.165, 1.54) is 12.1 Å². The summed E-state index contributed by atoms with van der Waals surface area (Å²) in [5, 5.41) is 17.1. The predicted octanol–water partition coefficient (Wildman–Crippen LogP) is 2.72. The number of aromatic nitrogens is 2. The monoisotopic (exact) mass is 319 g/mol. The number of nitrogens with zero attached hydrogens (tertiary/aromatic N) is 3. The van der Waals surface area contributed by atoms with Gasteiger partial charge in [0.25, 0.3) is 0 Å². The van der Waals surface area contributed by atoms with Crippen LogP contribution in [0.4, 0.5) is 14.6 Å². The molecule has 5 nitrogen and oxygen atoms in total. The summed E-state index contributed by atoms with van der Waals surface area (Å²) in [5.74, 6) is -1.77. The van der Waals surface area contributed by atoms with Crippen LogP contribution < -0.4 is 4.90 Å². The Hall–Kier alpha value is -2.57. The Morgan fingerprint density at radius 3 is 2.26 bits per heavy atom. The van der Waals surface area contributed by atoms with E-state index in [-0.39, 0.29) is 5.92 Å². The summed E-state index contributed by atoms with van der Waals surface area (Å²) in [4.78, 5) is 12.9. The topological polar surface area (TPSA) is 66.3 Å². The van der Waals surface area contributed by atoms with Gasteiger partial charge in [0.1, 0.15) is 11.6 Å². The van der Waals surface area contributed by atoms with Crippen LogP contribution in [0, 0.1) is 17.6 Å². The molecular weight excluding hydrogens is 304 g/mol. The highest BCUT2D eigenvalue weighted by Crippen LogP contribution is 2.24. The SMILES string of the molecule is O=C(O)C1CCN(c2ccc(-c3cc(F)cc(F)c3)nn2)CC1. The van der Waals surface area contributed by atoms with Gasteiger partial charge in [-0.15, -0.1) is 10.2 Å². The molecule has 23 heavy (non-hydrogen) atoms. The van der Waals surface area contributed by atoms with Crippen molar-refractivity contribution in [3.8, 4) is 11.3 Å². The summed E-state index contributed by atoms with van der Waals surface area (Å²) in [6, 6.07) is 6.58. The van der Waals surface area contributed by atoms with Crippen molar-refractivity contribution in [3.63, 3.8) is 0 Å². The van der Waals surface area contributed by atoms with E-state index in [1.54, 1.807) is 12.1 Å². The zero-order chi connectivity index (χ0) is 16.4. The summed E-state index contributed by atoms with van der Waals surface area (Å²) >= 11 is 0. The zero-order valence-electron chi connectivity index (χ0n) is 12.2. The molecule has 0 aliphatic carbocycles. The molecule has 1 aliphatic rings. The molecule has 0 saturated carbocycles. The summed E-state index contributed by atoms with van der Waals surface area (Å²) in [5.41, 5.74) is 0.707. The Kier molecular flexibility index (Phi) is 4.18. The van der Waals surface area contributed by atoms with E-state index in [0.29, 0.717) is 43.0 Å². The number of carboxylic acid groups (broad SMARTS) is 1. The van der Waals surface area contributed by atoms with E-state index in [2.05, 4.69) is 10.2 Å². The summed E-state index contributed by atoms with van der Waals surface area (Å²) in [6.45, 7) is 1.19. The van der Waals surface area contributed by atoms with Crippen molar-refractivity contribution >= 4 is 11.8 Å². The number of hydrogen-bond acceptors (Lipinski definition) is 4. The van der Waals surface area contributed by atoms with Gasteiger partial charge in [-0.05, 0) is 37.1 Å². The van der Waals surface area contributed by atoms with Crippen molar-refractivity contribution in [1.29, 1.82) is 0 Å². The van der Waals surface area contributed by atoms with Gasteiger partial charge in [0.15, 0.2) is 5.82 Å². The smallest absolute Gasteiger partial charge is 0.306 e. The maximum atomic E-state index is 13.2. The van der Waals surface area contributed by atoms with Gasteiger partial charge >= 0.3 is 5.97 Å². The van der Waals surface area contributed by atoms with E-state index in [0.717, 1.165) is 6.07 Å². The van der Waals surface area contributed by atoms with Crippen LogP contribution in [0.1, 0.15) is 12.8 Å². The summed E-state index contributed by atoms with van der Waals surface area (Å²) in [7, 11) is 0. The Balaban J connectivity index is 1.74. The van der Waals surface area contributed by atoms with Crippen LogP contribution in [-0.2, 0) is 4.79 Å². The fourth-order valence-electron chi connectivity index (χ4n) is 2.71. The van der Waals surface area contributed by atoms with Gasteiger partial charge in [-0.3, -0.25) is 4.79 Å². The van der Waals surface area contributed by atoms with Gasteiger partial charge in [-0.25, -0.2) is 8.78 Å². The largest absolute Gasteiger partial charge is 0.481 e. The molecule has 3 rings (SSSR count). The van der Waals surface area contributed by atoms with Gasteiger partial charge in [0.05, 0.1) is 11.6 Å². The first-order chi connectivity index (χ1) is 11.0. The van der Waals surface area contributed by atoms with Crippen molar-refractivity contribution in [2.24, 2.45) is 5.92 Å². The lowest BCUT2D eigenvalue weighted by Crippen LogP contribution is -2.36. The molecule has 1 fully saturated rings. The van der Waals surface area contributed by atoms with Crippen LogP contribution in [0.3, 0.4) is 0 Å². The standard InChI is InChI=1S/C16H15F2N3O2/c17-12-7-11(8-13(18)9-12)14-1-2-15(20-19-14)21-5-3-10(4-6-21)16(22)23/h1-2,7-10H,3-6H2,(H,22,23). The van der Waals surface area contributed by atoms with Crippen molar-refractivity contribution in [2.45, 2.75) is 12.8 Å². The van der Waals surface area contributed by atoms with Crippen LogP contribution >= 0.6 is 0 Å². The average molecular weight is 319 g/mol. The minimum absolute atomic E-state index is 0.311. The Bertz CT molecular complexity index is 694. The number of hydrogen-bond donors (Lipinski definition) is 1. The first kappa shape index (κ1) is 15.3. The predicted molar refractivity (Wildman–Crippen MR) is 80.0 cm³/mol. The molecule has 0 unspecified atom stereocenters. The Labute approximate surface area is 131 Å². The number of halogens is 2. The number of carboxylic acids is 1. The van der Waals surface area contributed by atoms with Gasteiger partial charge in [-0.1, -0.05) is 0 Å². The van der Waals surface area contributed by atoms with Crippen LogP contribution in [0.5, 0.6) is 0 Å². The zero-order valence-corrected chi connectivity index (χ0v) is 12.2. The van der Waals surface area contributed by atoms with Crippen molar-refractivity contribution < 1.29 is 18.7 Å². The Morgan fingerprint density at radius 2 is 1.74 bits per heavy atom. The molecule has 120 valence electrons. The van der Waals surface area contributed by atoms with Crippen LogP contribution in [0.25, 0.3) is 11.3 Å². The second kappa shape index (κ2) is 6.28. The fraction of sp³-hybridized carbons (Fsp3) is 0.312. The van der Waals surface area contributed by atoms with Gasteiger partial charge in [0, 0.05) is 24.7 Å². The van der Waals surface area contributed by atoms with Crippen molar-refractivity contribution in [1.82, 2.24) is 10.2 Å². The maximum Gasteiger partial charge on any atom is 0.306 e. The lowest BCUT2D eigenvalue weighted by molar-refractivity contribution is -0.142. The van der Waals surface area contributed by atoms with Gasteiger partial charge in [0.2, 0.25) is 0 Å². The lowest BCUT2D eigenvalue weighted by Gasteiger charge is -2.30. The van der Waals surface area contributed by atoms with E-state index in [9.17, 15) is 13.6 Å². The quantitative estimate of drug-likeness (QED) is 0.942. The summed E-state index contributed by atoms with van der Waals surface area (Å²) in [6.07, 6.45) is 1.13. The highest BCUT2D eigenvalue weighted by atomic mass is 19.1. The molecule has 1 saturated heterocycles. The van der Waals surface area contributed by atoms with Crippen LogP contribution in [-0.4, -0.2) is 34.4 Å². The molecule has 1 aromatic carbocycles. The number of carbonyl (C=O) groups is 1. The highest BCUT2D eigenvalue weighted by Gasteiger charge is 2.25. The van der Waals surface area contributed by atoms with E-state index in [1.807, 2.05) is 4.90 Å². The van der Waals surface area contributed by atoms with Crippen molar-refractivity contribution in [3.05, 3.63) is 42.0 Å². The molecular formula is C16H15F2N3O2. The van der Waals surface area contributed by atoms with Gasteiger partial charge in [-0.2, -0.15) is 0 Å². The molecule has 2 aromatic rings. The van der Waals surface area contributed by atoms with Crippen molar-refractivity contribution in [2.75, 3.05) is 18.0 Å². The van der Waals surface area contributed by atoms with Crippen LogP contribution in [0.15, 0.2) is 30.3 Å². The minimum atomic E-state index is -0.765. The number of rotatable bonds is 3. The highest BCUT2D eigenvalue weighted by molar-refractivity contribution is 5.70. The van der Waals surface area contributed by atoms with E-state index in [4.69, 9.17) is 5.11 Å². The Morgan fingerprint density at radius 1 is 1.09 bits per heavy atom.